The van der Waals surface area contributed by atoms with Crippen molar-refractivity contribution in [2.24, 2.45) is 0 Å². The van der Waals surface area contributed by atoms with E-state index in [4.69, 9.17) is 0 Å². The maximum Gasteiger partial charge on any atom is 3.00 e. The number of hydrogen-bond acceptors (Lipinski definition) is 0. The van der Waals surface area contributed by atoms with Crippen molar-refractivity contribution in [1.29, 1.82) is 0 Å². The van der Waals surface area contributed by atoms with Crippen molar-refractivity contribution in [3.05, 3.63) is 0 Å². The Morgan fingerprint density at radius 2 is 0.750 bits per heavy atom. The fraction of sp³-hybridized carbons (Fsp3) is 0. The molecule has 0 N–H and O–H groups in total. The third-order valence-electron chi connectivity index (χ3n) is 0. The summed E-state index contributed by atoms with van der Waals surface area (Å²) in [5.74, 6) is 0. The van der Waals surface area contributed by atoms with Gasteiger partial charge < -0.3 is 11.0 Å². The second-order valence-electron chi connectivity index (χ2n) is 0. The Kier molecular flexibility index (Phi) is 190. The summed E-state index contributed by atoms with van der Waals surface area (Å²) in [6.45, 7) is 0. The average molecular weight is 286 g/mol. The minimum atomic E-state index is 0. The van der Waals surface area contributed by atoms with Crippen LogP contribution in [0.2, 0.25) is 0 Å². The van der Waals surface area contributed by atoms with Gasteiger partial charge in [0.1, 0.15) is 0 Å². The molecular weight excluding hydrogens is 286 g/mol. The van der Waals surface area contributed by atoms with Crippen LogP contribution in [0, 0.1) is 35.6 Å². The third kappa shape index (κ3) is 9.01. The van der Waals surface area contributed by atoms with Crippen molar-refractivity contribution in [3.63, 3.8) is 0 Å². The quantitative estimate of drug-likeness (QED) is 0.570. The first-order valence-electron chi connectivity index (χ1n) is 0. The topological polar surface area (TPSA) is 57.0 Å². The van der Waals surface area contributed by atoms with Gasteiger partial charge in [0.05, 0.1) is 0 Å². The molecule has 0 aromatic carbocycles. The summed E-state index contributed by atoms with van der Waals surface area (Å²) < 4.78 is 0. The van der Waals surface area contributed by atoms with Gasteiger partial charge in [-0.05, 0) is 0 Å². The molecule has 0 amide bonds. The molecule has 16 valence electrons. The summed E-state index contributed by atoms with van der Waals surface area (Å²) in [4.78, 5) is 0. The van der Waals surface area contributed by atoms with Crippen LogP contribution < -0.4 is 0 Å². The van der Waals surface area contributed by atoms with Crippen LogP contribution in [0.25, 0.3) is 0 Å². The van der Waals surface area contributed by atoms with Gasteiger partial charge >= 0.3 is 61.4 Å². The van der Waals surface area contributed by atoms with E-state index >= 15 is 0 Å². The van der Waals surface area contributed by atoms with E-state index in [-0.39, 0.29) is 72.4 Å². The van der Waals surface area contributed by atoms with Crippen molar-refractivity contribution >= 4 is 25.8 Å². The summed E-state index contributed by atoms with van der Waals surface area (Å²) in [7, 11) is 0. The van der Waals surface area contributed by atoms with E-state index in [1.165, 1.54) is 0 Å². The summed E-state index contributed by atoms with van der Waals surface area (Å²) in [5, 5.41) is 0. The SMILES string of the molecule is [In+3].[La+3].[O-2].[O-2]. The molecule has 4 heteroatoms. The van der Waals surface area contributed by atoms with Crippen LogP contribution in [0.15, 0.2) is 0 Å². The molecule has 0 rings (SSSR count). The minimum absolute atomic E-state index is 0. The van der Waals surface area contributed by atoms with Crippen molar-refractivity contribution in [2.75, 3.05) is 0 Å². The predicted molar refractivity (Wildman–Crippen MR) is 7.13 cm³/mol. The molecule has 0 aromatic heterocycles. The zero-order valence-corrected chi connectivity index (χ0v) is 8.89. The second-order valence-corrected chi connectivity index (χ2v) is 0. The van der Waals surface area contributed by atoms with Crippen LogP contribution >= 0.6 is 0 Å². The van der Waals surface area contributed by atoms with Gasteiger partial charge in [0.2, 0.25) is 0 Å². The van der Waals surface area contributed by atoms with Crippen LogP contribution in [0.1, 0.15) is 0 Å². The molecule has 0 heterocycles. The molecule has 0 aromatic rings. The first-order chi connectivity index (χ1) is 0. The van der Waals surface area contributed by atoms with Gasteiger partial charge in [-0.15, -0.1) is 0 Å². The van der Waals surface area contributed by atoms with Gasteiger partial charge in [-0.1, -0.05) is 0 Å². The Morgan fingerprint density at radius 1 is 0.750 bits per heavy atom. The molecule has 0 aliphatic rings. The Hall–Kier alpha value is 1.98. The summed E-state index contributed by atoms with van der Waals surface area (Å²) in [6.07, 6.45) is 0. The molecule has 0 aliphatic heterocycles. The van der Waals surface area contributed by atoms with Gasteiger partial charge in [0.15, 0.2) is 0 Å². The summed E-state index contributed by atoms with van der Waals surface area (Å²) in [6, 6.07) is 0. The minimum Gasteiger partial charge on any atom is -2.00 e. The Bertz CT molecular complexity index is 6.00. The second kappa shape index (κ2) is 20.1. The van der Waals surface area contributed by atoms with Crippen molar-refractivity contribution < 1.29 is 46.6 Å². The smallest absolute Gasteiger partial charge is 2.00 e. The zero-order chi connectivity index (χ0) is 0. The van der Waals surface area contributed by atoms with E-state index in [9.17, 15) is 0 Å². The predicted octanol–water partition coefficient (Wildman–Crippen LogP) is -0.618. The summed E-state index contributed by atoms with van der Waals surface area (Å²) in [5.41, 5.74) is 0. The van der Waals surface area contributed by atoms with Crippen LogP contribution in [-0.2, 0) is 11.0 Å². The largest absolute Gasteiger partial charge is 3.00 e. The van der Waals surface area contributed by atoms with Gasteiger partial charge in [-0.25, -0.2) is 0 Å². The van der Waals surface area contributed by atoms with Crippen LogP contribution in [-0.4, -0.2) is 25.8 Å². The zero-order valence-electron chi connectivity index (χ0n) is 1.97. The van der Waals surface area contributed by atoms with E-state index in [0.717, 1.165) is 0 Å². The molecular formula is InLaO2+2. The molecule has 0 fully saturated rings. The van der Waals surface area contributed by atoms with Crippen molar-refractivity contribution in [3.8, 4) is 0 Å². The van der Waals surface area contributed by atoms with E-state index < -0.39 is 0 Å². The monoisotopic (exact) mass is 286 g/mol. The van der Waals surface area contributed by atoms with Crippen molar-refractivity contribution in [1.82, 2.24) is 0 Å². The Labute approximate surface area is 71.3 Å². The van der Waals surface area contributed by atoms with E-state index in [1.807, 2.05) is 0 Å². The molecule has 0 spiro atoms. The maximum atomic E-state index is 0. The molecule has 0 atom stereocenters. The van der Waals surface area contributed by atoms with E-state index in [2.05, 4.69) is 0 Å². The standard InChI is InChI=1S/In.La.2O/q2*+3;2*-2. The molecule has 0 saturated carbocycles. The molecule has 4 heavy (non-hydrogen) atoms. The number of hydrogen-bond donors (Lipinski definition) is 0. The van der Waals surface area contributed by atoms with Gasteiger partial charge in [0, 0.05) is 0 Å². The van der Waals surface area contributed by atoms with Crippen LogP contribution in [0.3, 0.4) is 0 Å². The summed E-state index contributed by atoms with van der Waals surface area (Å²) >= 11 is 0. The molecule has 0 radical (unpaired) electrons. The normalized spacial score (nSPS) is 0. The molecule has 0 saturated heterocycles. The van der Waals surface area contributed by atoms with Crippen molar-refractivity contribution in [2.45, 2.75) is 0 Å². The molecule has 2 nitrogen and oxygen atoms in total. The van der Waals surface area contributed by atoms with Gasteiger partial charge in [-0.3, -0.25) is 0 Å². The van der Waals surface area contributed by atoms with E-state index in [0.29, 0.717) is 0 Å². The molecule has 0 bridgehead atoms. The van der Waals surface area contributed by atoms with Crippen LogP contribution in [0.4, 0.5) is 0 Å². The molecule has 0 unspecified atom stereocenters. The van der Waals surface area contributed by atoms with Crippen LogP contribution in [0.5, 0.6) is 0 Å². The first-order valence-corrected chi connectivity index (χ1v) is 0. The third-order valence-corrected chi connectivity index (χ3v) is 0. The van der Waals surface area contributed by atoms with E-state index in [1.54, 1.807) is 0 Å². The van der Waals surface area contributed by atoms with Gasteiger partial charge in [0.25, 0.3) is 0 Å². The Morgan fingerprint density at radius 3 is 0.750 bits per heavy atom. The average Bonchev–Trinajstić information content (AvgIpc) is 0. The first kappa shape index (κ1) is 37.7. The van der Waals surface area contributed by atoms with Gasteiger partial charge in [-0.2, -0.15) is 0 Å². The fourth-order valence-corrected chi connectivity index (χ4v) is 0. The molecule has 0 aliphatic carbocycles. The maximum absolute atomic E-state index is 0. The Balaban J connectivity index is 0. The fourth-order valence-electron chi connectivity index (χ4n) is 0. The number of rotatable bonds is 0.